The summed E-state index contributed by atoms with van der Waals surface area (Å²) in [5, 5.41) is 2.07. The van der Waals surface area contributed by atoms with Crippen molar-refractivity contribution in [3.63, 3.8) is 0 Å². The number of carbonyl (C=O) groups is 3. The highest BCUT2D eigenvalue weighted by molar-refractivity contribution is 6.05. The third-order valence-corrected chi connectivity index (χ3v) is 3.81. The van der Waals surface area contributed by atoms with Crippen LogP contribution in [0.5, 0.6) is 0 Å². The monoisotopic (exact) mass is 337 g/mol. The maximum atomic E-state index is 12.1. The lowest BCUT2D eigenvalue weighted by atomic mass is 9.81. The minimum absolute atomic E-state index is 0.0175. The molecule has 1 fully saturated rings. The van der Waals surface area contributed by atoms with Crippen LogP contribution in [0.3, 0.4) is 0 Å². The molecule has 5 nitrogen and oxygen atoms in total. The van der Waals surface area contributed by atoms with E-state index in [9.17, 15) is 27.6 Å². The molecule has 0 spiro atoms. The lowest BCUT2D eigenvalue weighted by Crippen LogP contribution is -2.47. The van der Waals surface area contributed by atoms with E-state index in [4.69, 9.17) is 4.74 Å². The van der Waals surface area contributed by atoms with E-state index in [1.807, 2.05) is 0 Å². The Morgan fingerprint density at radius 2 is 1.87 bits per heavy atom. The molecule has 0 saturated heterocycles. The van der Waals surface area contributed by atoms with Crippen molar-refractivity contribution in [3.8, 4) is 0 Å². The molecule has 1 aliphatic carbocycles. The smallest absolute Gasteiger partial charge is 0.389 e. The summed E-state index contributed by atoms with van der Waals surface area (Å²) in [5.41, 5.74) is 0. The molecule has 0 aromatic carbocycles. The van der Waals surface area contributed by atoms with Gasteiger partial charge in [-0.15, -0.1) is 0 Å². The molecule has 0 bridgehead atoms. The standard InChI is InChI=1S/C15H22F3NO4/c1-2-23-14(22)13(11(20)7-6-10-4-3-5-10)19-12(21)8-9-15(16,17)18/h10,13H,2-9H2,1H3,(H,19,21). The Labute approximate surface area is 132 Å². The van der Waals surface area contributed by atoms with E-state index in [0.29, 0.717) is 12.3 Å². The number of esters is 1. The number of Topliss-reactive ketones (excluding diaryl/α,β-unsaturated/α-hetero) is 1. The normalized spacial score (nSPS) is 16.3. The lowest BCUT2D eigenvalue weighted by Gasteiger charge is -2.25. The van der Waals surface area contributed by atoms with Gasteiger partial charge in [0.1, 0.15) is 0 Å². The zero-order valence-corrected chi connectivity index (χ0v) is 13.1. The molecule has 0 aliphatic heterocycles. The van der Waals surface area contributed by atoms with Crippen LogP contribution >= 0.6 is 0 Å². The van der Waals surface area contributed by atoms with Crippen molar-refractivity contribution in [1.82, 2.24) is 5.32 Å². The molecule has 1 unspecified atom stereocenters. The Kier molecular flexibility index (Phi) is 7.51. The highest BCUT2D eigenvalue weighted by Crippen LogP contribution is 2.30. The first-order valence-corrected chi connectivity index (χ1v) is 7.78. The number of ketones is 1. The Balaban J connectivity index is 2.54. The maximum Gasteiger partial charge on any atom is 0.389 e. The molecular formula is C15H22F3NO4. The Hall–Kier alpha value is -1.60. The molecule has 1 rings (SSSR count). The van der Waals surface area contributed by atoms with Gasteiger partial charge in [-0.2, -0.15) is 13.2 Å². The third-order valence-electron chi connectivity index (χ3n) is 3.81. The van der Waals surface area contributed by atoms with E-state index in [2.05, 4.69) is 5.32 Å². The second-order valence-corrected chi connectivity index (χ2v) is 5.67. The highest BCUT2D eigenvalue weighted by atomic mass is 19.4. The molecule has 0 heterocycles. The summed E-state index contributed by atoms with van der Waals surface area (Å²) in [5.74, 6) is -1.98. The summed E-state index contributed by atoms with van der Waals surface area (Å²) < 4.78 is 41.0. The first kappa shape index (κ1) is 19.4. The predicted octanol–water partition coefficient (Wildman–Crippen LogP) is 2.53. The molecule has 1 amide bonds. The number of nitrogens with one attached hydrogen (secondary N) is 1. The van der Waals surface area contributed by atoms with E-state index < -0.39 is 42.7 Å². The van der Waals surface area contributed by atoms with E-state index in [1.54, 1.807) is 6.92 Å². The van der Waals surface area contributed by atoms with E-state index in [-0.39, 0.29) is 13.0 Å². The molecular weight excluding hydrogens is 315 g/mol. The molecule has 1 atom stereocenters. The van der Waals surface area contributed by atoms with Crippen LogP contribution in [0.25, 0.3) is 0 Å². The first-order chi connectivity index (χ1) is 10.7. The van der Waals surface area contributed by atoms with Crippen LogP contribution in [0.15, 0.2) is 0 Å². The number of ether oxygens (including phenoxy) is 1. The Morgan fingerprint density at radius 1 is 1.22 bits per heavy atom. The van der Waals surface area contributed by atoms with Crippen LogP contribution in [0.2, 0.25) is 0 Å². The number of alkyl halides is 3. The van der Waals surface area contributed by atoms with Crippen molar-refractivity contribution in [2.45, 2.75) is 64.1 Å². The summed E-state index contributed by atoms with van der Waals surface area (Å²) in [6, 6.07) is -1.52. The molecule has 8 heteroatoms. The zero-order valence-electron chi connectivity index (χ0n) is 13.1. The predicted molar refractivity (Wildman–Crippen MR) is 75.4 cm³/mol. The number of halogens is 3. The average molecular weight is 337 g/mol. The first-order valence-electron chi connectivity index (χ1n) is 7.78. The van der Waals surface area contributed by atoms with Gasteiger partial charge in [-0.05, 0) is 19.3 Å². The van der Waals surface area contributed by atoms with Gasteiger partial charge >= 0.3 is 12.1 Å². The second-order valence-electron chi connectivity index (χ2n) is 5.67. The molecule has 0 aromatic heterocycles. The van der Waals surface area contributed by atoms with E-state index in [1.165, 1.54) is 0 Å². The zero-order chi connectivity index (χ0) is 17.5. The number of amides is 1. The SMILES string of the molecule is CCOC(=O)C(NC(=O)CCC(F)(F)F)C(=O)CCC1CCC1. The summed E-state index contributed by atoms with van der Waals surface area (Å²) in [6.07, 6.45) is -2.68. The molecule has 23 heavy (non-hydrogen) atoms. The quantitative estimate of drug-likeness (QED) is 0.518. The van der Waals surface area contributed by atoms with Gasteiger partial charge in [-0.3, -0.25) is 9.59 Å². The molecule has 132 valence electrons. The second kappa shape index (κ2) is 8.88. The van der Waals surface area contributed by atoms with Crippen molar-refractivity contribution >= 4 is 17.7 Å². The van der Waals surface area contributed by atoms with Gasteiger partial charge in [-0.1, -0.05) is 19.3 Å². The van der Waals surface area contributed by atoms with Crippen molar-refractivity contribution in [2.24, 2.45) is 5.92 Å². The minimum atomic E-state index is -4.47. The molecule has 0 radical (unpaired) electrons. The third kappa shape index (κ3) is 7.47. The van der Waals surface area contributed by atoms with Crippen LogP contribution in [-0.4, -0.2) is 36.5 Å². The van der Waals surface area contributed by atoms with E-state index >= 15 is 0 Å². The van der Waals surface area contributed by atoms with Crippen molar-refractivity contribution in [3.05, 3.63) is 0 Å². The number of hydrogen-bond donors (Lipinski definition) is 1. The van der Waals surface area contributed by atoms with Gasteiger partial charge in [-0.25, -0.2) is 4.79 Å². The van der Waals surface area contributed by atoms with Gasteiger partial charge in [0.25, 0.3) is 0 Å². The molecule has 0 aromatic rings. The van der Waals surface area contributed by atoms with Crippen LogP contribution < -0.4 is 5.32 Å². The minimum Gasteiger partial charge on any atom is -0.464 e. The Bertz CT molecular complexity index is 433. The molecule has 1 aliphatic rings. The van der Waals surface area contributed by atoms with Gasteiger partial charge in [0.15, 0.2) is 11.8 Å². The summed E-state index contributed by atoms with van der Waals surface area (Å²) in [6.45, 7) is 1.56. The van der Waals surface area contributed by atoms with Crippen molar-refractivity contribution in [2.75, 3.05) is 6.61 Å². The van der Waals surface area contributed by atoms with Crippen LogP contribution in [0.4, 0.5) is 13.2 Å². The van der Waals surface area contributed by atoms with Gasteiger partial charge in [0, 0.05) is 12.8 Å². The van der Waals surface area contributed by atoms with Crippen molar-refractivity contribution < 1.29 is 32.3 Å². The highest BCUT2D eigenvalue weighted by Gasteiger charge is 2.32. The van der Waals surface area contributed by atoms with E-state index in [0.717, 1.165) is 19.3 Å². The van der Waals surface area contributed by atoms with Gasteiger partial charge in [0.05, 0.1) is 13.0 Å². The topological polar surface area (TPSA) is 72.5 Å². The maximum absolute atomic E-state index is 12.1. The van der Waals surface area contributed by atoms with Crippen LogP contribution in [-0.2, 0) is 19.1 Å². The Morgan fingerprint density at radius 3 is 2.35 bits per heavy atom. The fourth-order valence-electron chi connectivity index (χ4n) is 2.26. The van der Waals surface area contributed by atoms with Crippen LogP contribution in [0.1, 0.15) is 51.9 Å². The molecule has 1 saturated carbocycles. The van der Waals surface area contributed by atoms with Crippen LogP contribution in [0, 0.1) is 5.92 Å². The van der Waals surface area contributed by atoms with Gasteiger partial charge in [0.2, 0.25) is 5.91 Å². The fraction of sp³-hybridized carbons (Fsp3) is 0.800. The number of rotatable bonds is 9. The van der Waals surface area contributed by atoms with Gasteiger partial charge < -0.3 is 10.1 Å². The molecule has 1 N–H and O–H groups in total. The summed E-state index contributed by atoms with van der Waals surface area (Å²) in [4.78, 5) is 35.4. The fourth-order valence-corrected chi connectivity index (χ4v) is 2.26. The summed E-state index contributed by atoms with van der Waals surface area (Å²) in [7, 11) is 0. The number of carbonyl (C=O) groups excluding carboxylic acids is 3. The summed E-state index contributed by atoms with van der Waals surface area (Å²) >= 11 is 0. The van der Waals surface area contributed by atoms with Crippen molar-refractivity contribution in [1.29, 1.82) is 0 Å². The lowest BCUT2D eigenvalue weighted by molar-refractivity contribution is -0.152. The number of hydrogen-bond acceptors (Lipinski definition) is 4. The largest absolute Gasteiger partial charge is 0.464 e. The average Bonchev–Trinajstić information content (AvgIpc) is 2.40.